The summed E-state index contributed by atoms with van der Waals surface area (Å²) in [5, 5.41) is 12.8. The van der Waals surface area contributed by atoms with Gasteiger partial charge in [0.2, 0.25) is 0 Å². The van der Waals surface area contributed by atoms with Gasteiger partial charge in [-0.3, -0.25) is 4.99 Å². The second kappa shape index (κ2) is 10.2. The predicted molar refractivity (Wildman–Crippen MR) is 200 cm³/mol. The summed E-state index contributed by atoms with van der Waals surface area (Å²) in [5.41, 5.74) is 5.80. The Balaban J connectivity index is 1.13. The molecule has 3 nitrogen and oxygen atoms in total. The summed E-state index contributed by atoms with van der Waals surface area (Å²) in [4.78, 5) is 13.7. The normalized spacial score (nSPS) is 15.5. The molecule has 10 rings (SSSR count). The van der Waals surface area contributed by atoms with Gasteiger partial charge < -0.3 is 0 Å². The number of fused-ring (bicyclic) bond motifs is 6. The molecule has 0 fully saturated rings. The van der Waals surface area contributed by atoms with Gasteiger partial charge in [0.05, 0.1) is 0 Å². The van der Waals surface area contributed by atoms with Crippen molar-refractivity contribution in [2.45, 2.75) is 6.04 Å². The van der Waals surface area contributed by atoms with Gasteiger partial charge in [-0.15, -0.1) is 0 Å². The van der Waals surface area contributed by atoms with Crippen molar-refractivity contribution in [3.05, 3.63) is 157 Å². The number of rotatable bonds is 3. The third-order valence-corrected chi connectivity index (χ3v) is 9.73. The first kappa shape index (κ1) is 26.1. The Morgan fingerprint density at radius 2 is 0.979 bits per heavy atom. The summed E-state index contributed by atoms with van der Waals surface area (Å²) >= 11 is 0. The first-order valence-corrected chi connectivity index (χ1v) is 16.1. The Morgan fingerprint density at radius 1 is 0.447 bits per heavy atom. The highest BCUT2D eigenvalue weighted by Crippen LogP contribution is 2.43. The fourth-order valence-electron chi connectivity index (χ4n) is 7.54. The van der Waals surface area contributed by atoms with Gasteiger partial charge in [-0.25, -0.2) is 9.98 Å². The number of hydrogen-bond acceptors (Lipinski definition) is 3. The average Bonchev–Trinajstić information content (AvgIpc) is 3.58. The molecule has 2 heterocycles. The summed E-state index contributed by atoms with van der Waals surface area (Å²) in [6.07, 6.45) is 5.73. The molecule has 0 saturated heterocycles. The Bertz CT molecular complexity index is 2710. The second-order valence-corrected chi connectivity index (χ2v) is 12.3. The van der Waals surface area contributed by atoms with Crippen LogP contribution in [0.4, 0.5) is 0 Å². The molecule has 0 aromatic heterocycles. The Morgan fingerprint density at radius 3 is 1.64 bits per heavy atom. The molecule has 0 saturated carbocycles. The first-order chi connectivity index (χ1) is 23.3. The van der Waals surface area contributed by atoms with Crippen molar-refractivity contribution in [1.29, 1.82) is 0 Å². The lowest BCUT2D eigenvalue weighted by Gasteiger charge is -2.16. The van der Waals surface area contributed by atoms with Gasteiger partial charge in [0.15, 0.2) is 11.7 Å². The van der Waals surface area contributed by atoms with Gasteiger partial charge >= 0.3 is 0 Å². The molecule has 8 aromatic carbocycles. The van der Waals surface area contributed by atoms with Crippen molar-refractivity contribution >= 4 is 71.7 Å². The fraction of sp³-hybridized carbons (Fsp3) is 0.0227. The van der Waals surface area contributed by atoms with Crippen LogP contribution in [0.3, 0.4) is 0 Å². The van der Waals surface area contributed by atoms with Crippen LogP contribution in [0, 0.1) is 0 Å². The van der Waals surface area contributed by atoms with E-state index in [1.165, 1.54) is 70.6 Å². The number of allylic oxidation sites excluding steroid dienone is 1. The molecule has 0 radical (unpaired) electrons. The van der Waals surface area contributed by atoms with E-state index in [1.54, 1.807) is 6.21 Å². The maximum Gasteiger partial charge on any atom is 0.159 e. The highest BCUT2D eigenvalue weighted by atomic mass is 15.1. The molecular formula is C44H27N3. The molecule has 8 aromatic rings. The van der Waals surface area contributed by atoms with Crippen molar-refractivity contribution in [3.63, 3.8) is 0 Å². The Kier molecular flexibility index (Phi) is 5.64. The van der Waals surface area contributed by atoms with E-state index in [1.807, 2.05) is 12.2 Å². The fourth-order valence-corrected chi connectivity index (χ4v) is 7.54. The van der Waals surface area contributed by atoms with Crippen molar-refractivity contribution in [1.82, 2.24) is 0 Å². The minimum absolute atomic E-state index is 0.0653. The van der Waals surface area contributed by atoms with E-state index in [0.717, 1.165) is 22.8 Å². The summed E-state index contributed by atoms with van der Waals surface area (Å²) in [6.45, 7) is 0. The lowest BCUT2D eigenvalue weighted by Crippen LogP contribution is -2.12. The van der Waals surface area contributed by atoms with Crippen molar-refractivity contribution < 1.29 is 0 Å². The van der Waals surface area contributed by atoms with Crippen LogP contribution in [-0.2, 0) is 0 Å². The molecule has 0 bridgehead atoms. The first-order valence-electron chi connectivity index (χ1n) is 16.1. The van der Waals surface area contributed by atoms with E-state index in [2.05, 4.69) is 150 Å². The Labute approximate surface area is 271 Å². The third-order valence-electron chi connectivity index (χ3n) is 9.73. The minimum Gasteiger partial charge on any atom is -0.250 e. The smallest absolute Gasteiger partial charge is 0.159 e. The lowest BCUT2D eigenvalue weighted by atomic mass is 9.87. The van der Waals surface area contributed by atoms with Crippen LogP contribution in [0.15, 0.2) is 167 Å². The highest BCUT2D eigenvalue weighted by molar-refractivity contribution is 6.34. The zero-order valence-corrected chi connectivity index (χ0v) is 25.4. The topological polar surface area (TPSA) is 37.1 Å². The van der Waals surface area contributed by atoms with Gasteiger partial charge in [-0.1, -0.05) is 140 Å². The van der Waals surface area contributed by atoms with Crippen molar-refractivity contribution in [2.24, 2.45) is 15.0 Å². The molecule has 2 aliphatic rings. The maximum absolute atomic E-state index is 4.74. The van der Waals surface area contributed by atoms with E-state index in [4.69, 9.17) is 4.99 Å². The SMILES string of the molecule is C1=CC2N=C(c3ccc(-c4ccc(-c5cc6cccc7c8ccccc8c8ccccc8c8cccc5c8c67)cc4)cc3)N=C2N=C1. The zero-order valence-electron chi connectivity index (χ0n) is 25.4. The van der Waals surface area contributed by atoms with Gasteiger partial charge in [0, 0.05) is 11.8 Å². The molecule has 2 aliphatic heterocycles. The predicted octanol–water partition coefficient (Wildman–Crippen LogP) is 11.0. The van der Waals surface area contributed by atoms with E-state index < -0.39 is 0 Å². The minimum atomic E-state index is -0.0653. The van der Waals surface area contributed by atoms with Crippen molar-refractivity contribution in [3.8, 4) is 22.3 Å². The molecule has 218 valence electrons. The van der Waals surface area contributed by atoms with Gasteiger partial charge in [-0.2, -0.15) is 0 Å². The van der Waals surface area contributed by atoms with Gasteiger partial charge in [0.1, 0.15) is 6.04 Å². The van der Waals surface area contributed by atoms with E-state index >= 15 is 0 Å². The Hall–Kier alpha value is -6.19. The van der Waals surface area contributed by atoms with Crippen LogP contribution >= 0.6 is 0 Å². The van der Waals surface area contributed by atoms with E-state index in [-0.39, 0.29) is 6.04 Å². The van der Waals surface area contributed by atoms with E-state index in [9.17, 15) is 0 Å². The summed E-state index contributed by atoms with van der Waals surface area (Å²) < 4.78 is 0. The summed E-state index contributed by atoms with van der Waals surface area (Å²) in [5.74, 6) is 1.50. The number of aliphatic imine (C=N–C) groups is 3. The van der Waals surface area contributed by atoms with Crippen LogP contribution < -0.4 is 0 Å². The molecular weight excluding hydrogens is 571 g/mol. The number of nitrogens with zero attached hydrogens (tertiary/aromatic N) is 3. The number of hydrogen-bond donors (Lipinski definition) is 0. The molecule has 0 spiro atoms. The number of dihydropyridines is 1. The quantitative estimate of drug-likeness (QED) is 0.182. The largest absolute Gasteiger partial charge is 0.250 e. The standard InChI is InChI=1S/C44H27N3/c1-3-11-34-32(9-1)33-10-2-4-12-35(33)37-14-6-15-38-39(26-31-8-5-13-36(34)41(31)42(37)38)29-21-17-27(18-22-29)28-19-23-30(24-20-28)43-46-40-16-7-25-45-44(40)47-43/h1-26,40H. The average molecular weight is 598 g/mol. The van der Waals surface area contributed by atoms with Gasteiger partial charge in [0.25, 0.3) is 0 Å². The third kappa shape index (κ3) is 4.03. The molecule has 0 N–H and O–H groups in total. The second-order valence-electron chi connectivity index (χ2n) is 12.3. The summed E-state index contributed by atoms with van der Waals surface area (Å²) in [7, 11) is 0. The van der Waals surface area contributed by atoms with Crippen LogP contribution in [0.2, 0.25) is 0 Å². The molecule has 3 heteroatoms. The highest BCUT2D eigenvalue weighted by Gasteiger charge is 2.22. The number of amidine groups is 2. The number of benzene rings is 7. The zero-order chi connectivity index (χ0) is 30.9. The lowest BCUT2D eigenvalue weighted by molar-refractivity contribution is 1.09. The van der Waals surface area contributed by atoms with Crippen molar-refractivity contribution in [2.75, 3.05) is 0 Å². The van der Waals surface area contributed by atoms with Crippen LogP contribution in [0.5, 0.6) is 0 Å². The maximum atomic E-state index is 4.74. The molecule has 0 aliphatic carbocycles. The molecule has 1 unspecified atom stereocenters. The van der Waals surface area contributed by atoms with Crippen LogP contribution in [-0.4, -0.2) is 23.9 Å². The van der Waals surface area contributed by atoms with Crippen LogP contribution in [0.1, 0.15) is 5.56 Å². The summed E-state index contributed by atoms with van der Waals surface area (Å²) in [6, 6.07) is 51.1. The van der Waals surface area contributed by atoms with E-state index in [0.29, 0.717) is 0 Å². The molecule has 47 heavy (non-hydrogen) atoms. The monoisotopic (exact) mass is 597 g/mol. The molecule has 1 atom stereocenters. The molecule has 0 amide bonds. The van der Waals surface area contributed by atoms with Crippen LogP contribution in [0.25, 0.3) is 76.1 Å². The van der Waals surface area contributed by atoms with Gasteiger partial charge in [-0.05, 0) is 88.3 Å².